The predicted octanol–water partition coefficient (Wildman–Crippen LogP) is 2.40. The van der Waals surface area contributed by atoms with Gasteiger partial charge in [0.2, 0.25) is 0 Å². The number of rotatable bonds is 6. The largest absolute Gasteiger partial charge is 0.494 e. The van der Waals surface area contributed by atoms with Crippen molar-refractivity contribution in [1.82, 2.24) is 10.3 Å². The van der Waals surface area contributed by atoms with Crippen LogP contribution in [0, 0.1) is 0 Å². The second kappa shape index (κ2) is 7.72. The van der Waals surface area contributed by atoms with Crippen molar-refractivity contribution < 1.29 is 14.3 Å². The number of hydrogen-bond donors (Lipinski definition) is 2. The van der Waals surface area contributed by atoms with E-state index in [0.29, 0.717) is 11.7 Å². The summed E-state index contributed by atoms with van der Waals surface area (Å²) in [6.07, 6.45) is 2.08. The van der Waals surface area contributed by atoms with Crippen LogP contribution in [0.3, 0.4) is 0 Å². The molecule has 0 aliphatic carbocycles. The fourth-order valence-electron chi connectivity index (χ4n) is 2.53. The topological polar surface area (TPSA) is 72.5 Å². The molecule has 1 aromatic heterocycles. The van der Waals surface area contributed by atoms with Crippen molar-refractivity contribution in [3.63, 3.8) is 0 Å². The van der Waals surface area contributed by atoms with Crippen LogP contribution < -0.4 is 15.4 Å². The molecule has 1 amide bonds. The molecule has 0 bridgehead atoms. The summed E-state index contributed by atoms with van der Waals surface area (Å²) < 4.78 is 12.1. The van der Waals surface area contributed by atoms with Gasteiger partial charge < -0.3 is 14.8 Å². The molecule has 0 saturated carbocycles. The maximum Gasteiger partial charge on any atom is 0.252 e. The van der Waals surface area contributed by atoms with Gasteiger partial charge in [0, 0.05) is 0 Å². The molecule has 1 aliphatic rings. The minimum atomic E-state index is -0.160. The van der Waals surface area contributed by atoms with Gasteiger partial charge in [0.15, 0.2) is 5.13 Å². The smallest absolute Gasteiger partial charge is 0.252 e. The number of ether oxygens (including phenoxy) is 2. The minimum absolute atomic E-state index is 0.0742. The number of benzene rings is 1. The van der Waals surface area contributed by atoms with E-state index < -0.39 is 0 Å². The van der Waals surface area contributed by atoms with E-state index in [1.807, 2.05) is 25.1 Å². The van der Waals surface area contributed by atoms with E-state index in [1.54, 1.807) is 0 Å². The Morgan fingerprint density at radius 3 is 3.04 bits per heavy atom. The third-order valence-electron chi connectivity index (χ3n) is 3.65. The zero-order valence-corrected chi connectivity index (χ0v) is 13.9. The average Bonchev–Trinajstić information content (AvgIpc) is 2.95. The summed E-state index contributed by atoms with van der Waals surface area (Å²) in [5, 5.41) is 6.67. The van der Waals surface area contributed by atoms with Crippen LogP contribution in [0.5, 0.6) is 5.75 Å². The summed E-state index contributed by atoms with van der Waals surface area (Å²) in [5.74, 6) is 0.656. The lowest BCUT2D eigenvalue weighted by Gasteiger charge is -2.22. The molecule has 3 rings (SSSR count). The third-order valence-corrected chi connectivity index (χ3v) is 4.59. The van der Waals surface area contributed by atoms with Crippen molar-refractivity contribution in [2.24, 2.45) is 0 Å². The quantitative estimate of drug-likeness (QED) is 0.848. The number of fused-ring (bicyclic) bond motifs is 1. The number of carbonyl (C=O) groups is 1. The molecule has 2 aromatic rings. The Balaban J connectivity index is 1.56. The first-order chi connectivity index (χ1) is 11.2. The lowest BCUT2D eigenvalue weighted by atomic mass is 10.1. The van der Waals surface area contributed by atoms with E-state index in [0.717, 1.165) is 41.9 Å². The van der Waals surface area contributed by atoms with Gasteiger partial charge in [0.25, 0.3) is 5.91 Å². The molecule has 0 atom stereocenters. The molecule has 1 saturated heterocycles. The number of thiazole rings is 1. The van der Waals surface area contributed by atoms with Gasteiger partial charge >= 0.3 is 0 Å². The van der Waals surface area contributed by atoms with Gasteiger partial charge in [-0.3, -0.25) is 10.1 Å². The summed E-state index contributed by atoms with van der Waals surface area (Å²) in [6.45, 7) is 4.55. The van der Waals surface area contributed by atoms with E-state index in [-0.39, 0.29) is 18.6 Å². The maximum atomic E-state index is 12.0. The number of nitrogens with one attached hydrogen (secondary N) is 2. The molecule has 124 valence electrons. The molecule has 2 heterocycles. The molecule has 1 aromatic carbocycles. The Hall–Kier alpha value is -1.70. The van der Waals surface area contributed by atoms with Crippen molar-refractivity contribution >= 4 is 32.6 Å². The predicted molar refractivity (Wildman–Crippen MR) is 91.3 cm³/mol. The summed E-state index contributed by atoms with van der Waals surface area (Å²) >= 11 is 1.44. The van der Waals surface area contributed by atoms with Crippen LogP contribution >= 0.6 is 11.3 Å². The van der Waals surface area contributed by atoms with E-state index in [1.165, 1.54) is 11.3 Å². The van der Waals surface area contributed by atoms with Gasteiger partial charge in [0.05, 0.1) is 22.9 Å². The SMILES string of the molecule is CCOc1ccc2nc(NC(=O)COC3CCNCC3)sc2c1. The summed E-state index contributed by atoms with van der Waals surface area (Å²) in [7, 11) is 0. The van der Waals surface area contributed by atoms with Gasteiger partial charge in [-0.25, -0.2) is 4.98 Å². The molecule has 7 heteroatoms. The number of nitrogens with zero attached hydrogens (tertiary/aromatic N) is 1. The Morgan fingerprint density at radius 1 is 1.43 bits per heavy atom. The van der Waals surface area contributed by atoms with Crippen molar-refractivity contribution in [3.8, 4) is 5.75 Å². The fourth-order valence-corrected chi connectivity index (χ4v) is 3.44. The van der Waals surface area contributed by atoms with Crippen LogP contribution in [0.15, 0.2) is 18.2 Å². The van der Waals surface area contributed by atoms with Gasteiger partial charge in [-0.1, -0.05) is 11.3 Å². The second-order valence-corrected chi connectivity index (χ2v) is 6.42. The fraction of sp³-hybridized carbons (Fsp3) is 0.500. The first-order valence-corrected chi connectivity index (χ1v) is 8.72. The van der Waals surface area contributed by atoms with Crippen LogP contribution in [0.1, 0.15) is 19.8 Å². The van der Waals surface area contributed by atoms with Crippen LogP contribution in [0.25, 0.3) is 10.2 Å². The van der Waals surface area contributed by atoms with Crippen molar-refractivity contribution in [1.29, 1.82) is 0 Å². The number of carbonyl (C=O) groups excluding carboxylic acids is 1. The summed E-state index contributed by atoms with van der Waals surface area (Å²) in [6, 6.07) is 5.73. The zero-order valence-electron chi connectivity index (χ0n) is 13.1. The van der Waals surface area contributed by atoms with E-state index in [2.05, 4.69) is 15.6 Å². The number of anilines is 1. The third kappa shape index (κ3) is 4.40. The van der Waals surface area contributed by atoms with Gasteiger partial charge in [-0.15, -0.1) is 0 Å². The van der Waals surface area contributed by atoms with Crippen LogP contribution in [-0.2, 0) is 9.53 Å². The zero-order chi connectivity index (χ0) is 16.1. The van der Waals surface area contributed by atoms with Crippen LogP contribution in [0.4, 0.5) is 5.13 Å². The lowest BCUT2D eigenvalue weighted by molar-refractivity contribution is -0.123. The van der Waals surface area contributed by atoms with Crippen molar-refractivity contribution in [3.05, 3.63) is 18.2 Å². The first-order valence-electron chi connectivity index (χ1n) is 7.90. The number of aromatic nitrogens is 1. The highest BCUT2D eigenvalue weighted by atomic mass is 32.1. The maximum absolute atomic E-state index is 12.0. The van der Waals surface area contributed by atoms with E-state index in [9.17, 15) is 4.79 Å². The highest BCUT2D eigenvalue weighted by Crippen LogP contribution is 2.29. The molecule has 0 spiro atoms. The lowest BCUT2D eigenvalue weighted by Crippen LogP contribution is -2.34. The molecule has 0 radical (unpaired) electrons. The molecule has 1 aliphatic heterocycles. The average molecular weight is 335 g/mol. The van der Waals surface area contributed by atoms with Gasteiger partial charge in [0.1, 0.15) is 12.4 Å². The molecular weight excluding hydrogens is 314 g/mol. The summed E-state index contributed by atoms with van der Waals surface area (Å²) in [5.41, 5.74) is 0.855. The minimum Gasteiger partial charge on any atom is -0.494 e. The second-order valence-electron chi connectivity index (χ2n) is 5.39. The van der Waals surface area contributed by atoms with E-state index in [4.69, 9.17) is 9.47 Å². The monoisotopic (exact) mass is 335 g/mol. The van der Waals surface area contributed by atoms with Gasteiger partial charge in [-0.2, -0.15) is 0 Å². The highest BCUT2D eigenvalue weighted by molar-refractivity contribution is 7.22. The Labute approximate surface area is 139 Å². The summed E-state index contributed by atoms with van der Waals surface area (Å²) in [4.78, 5) is 16.4. The van der Waals surface area contributed by atoms with Crippen LogP contribution in [-0.4, -0.2) is 43.3 Å². The molecule has 0 unspecified atom stereocenters. The Kier molecular flexibility index (Phi) is 5.43. The standard InChI is InChI=1S/C16H21N3O3S/c1-2-21-12-3-4-13-14(9-12)23-16(18-13)19-15(20)10-22-11-5-7-17-8-6-11/h3-4,9,11,17H,2,5-8,10H2,1H3,(H,18,19,20). The molecule has 23 heavy (non-hydrogen) atoms. The van der Waals surface area contributed by atoms with Crippen molar-refractivity contribution in [2.75, 3.05) is 31.6 Å². The highest BCUT2D eigenvalue weighted by Gasteiger charge is 2.15. The number of piperidine rings is 1. The molecule has 6 nitrogen and oxygen atoms in total. The number of amides is 1. The van der Waals surface area contributed by atoms with Crippen molar-refractivity contribution in [2.45, 2.75) is 25.9 Å². The first kappa shape index (κ1) is 16.2. The number of hydrogen-bond acceptors (Lipinski definition) is 6. The van der Waals surface area contributed by atoms with Gasteiger partial charge in [-0.05, 0) is 51.1 Å². The van der Waals surface area contributed by atoms with Crippen LogP contribution in [0.2, 0.25) is 0 Å². The Morgan fingerprint density at radius 2 is 2.26 bits per heavy atom. The Bertz CT molecular complexity index is 668. The normalized spacial score (nSPS) is 15.7. The molecule has 2 N–H and O–H groups in total. The molecule has 1 fully saturated rings. The molecular formula is C16H21N3O3S. The van der Waals surface area contributed by atoms with E-state index >= 15 is 0 Å².